The molecule has 0 bridgehead atoms. The van der Waals surface area contributed by atoms with Gasteiger partial charge in [0.25, 0.3) is 0 Å². The number of aryl methyl sites for hydroxylation is 2. The van der Waals surface area contributed by atoms with Gasteiger partial charge < -0.3 is 5.32 Å². The molecule has 104 valence electrons. The van der Waals surface area contributed by atoms with E-state index < -0.39 is 0 Å². The second-order valence-corrected chi connectivity index (χ2v) is 5.45. The minimum atomic E-state index is 0.643. The van der Waals surface area contributed by atoms with Crippen LogP contribution in [0.4, 0.5) is 5.95 Å². The van der Waals surface area contributed by atoms with Crippen LogP contribution in [0.15, 0.2) is 11.4 Å². The summed E-state index contributed by atoms with van der Waals surface area (Å²) in [5.74, 6) is 3.00. The zero-order valence-electron chi connectivity index (χ0n) is 11.7. The lowest BCUT2D eigenvalue weighted by atomic mass is 10.4. The van der Waals surface area contributed by atoms with Crippen molar-refractivity contribution < 1.29 is 0 Å². The Balaban J connectivity index is 2.17. The number of rotatable bonds is 4. The van der Waals surface area contributed by atoms with Gasteiger partial charge in [0.1, 0.15) is 16.5 Å². The van der Waals surface area contributed by atoms with E-state index in [4.69, 9.17) is 0 Å². The number of hydrogen-bond donors (Lipinski definition) is 1. The van der Waals surface area contributed by atoms with Crippen LogP contribution in [0.3, 0.4) is 0 Å². The van der Waals surface area contributed by atoms with Crippen molar-refractivity contribution in [3.63, 3.8) is 0 Å². The molecule has 0 spiro atoms. The molecule has 0 aliphatic carbocycles. The lowest BCUT2D eigenvalue weighted by Crippen LogP contribution is -2.09. The summed E-state index contributed by atoms with van der Waals surface area (Å²) in [6.45, 7) is 6.78. The number of aromatic nitrogens is 5. The molecule has 6 nitrogen and oxygen atoms in total. The van der Waals surface area contributed by atoms with Gasteiger partial charge in [-0.15, -0.1) is 16.4 Å². The Labute approximate surface area is 120 Å². The van der Waals surface area contributed by atoms with Gasteiger partial charge >= 0.3 is 0 Å². The van der Waals surface area contributed by atoms with Crippen molar-refractivity contribution in [3.05, 3.63) is 23.1 Å². The third-order valence-corrected chi connectivity index (χ3v) is 3.72. The van der Waals surface area contributed by atoms with Crippen LogP contribution < -0.4 is 5.32 Å². The number of fused-ring (bicyclic) bond motifs is 1. The van der Waals surface area contributed by atoms with E-state index in [1.54, 1.807) is 16.0 Å². The number of nitrogens with one attached hydrogen (secondary N) is 1. The first-order valence-corrected chi connectivity index (χ1v) is 7.46. The maximum atomic E-state index is 4.60. The molecule has 3 heterocycles. The Hall–Kier alpha value is -2.02. The SMILES string of the molecule is CCCNc1nc(-n2nc(C)nc2C)c2ccsc2n1. The first kappa shape index (κ1) is 13.0. The van der Waals surface area contributed by atoms with Crippen LogP contribution in [0, 0.1) is 13.8 Å². The van der Waals surface area contributed by atoms with Gasteiger partial charge in [0.15, 0.2) is 5.82 Å². The van der Waals surface area contributed by atoms with E-state index in [-0.39, 0.29) is 0 Å². The van der Waals surface area contributed by atoms with Crippen LogP contribution in [0.1, 0.15) is 25.0 Å². The standard InChI is InChI=1S/C13H16N6S/c1-4-6-14-13-16-11(10-5-7-20-12(10)17-13)19-9(3)15-8(2)18-19/h5,7H,4,6H2,1-3H3,(H,14,16,17). The normalized spacial score (nSPS) is 11.2. The molecule has 0 atom stereocenters. The first-order valence-electron chi connectivity index (χ1n) is 6.58. The molecular weight excluding hydrogens is 272 g/mol. The minimum absolute atomic E-state index is 0.643. The molecule has 0 amide bonds. The molecule has 1 N–H and O–H groups in total. The van der Waals surface area contributed by atoms with Crippen LogP contribution in [-0.4, -0.2) is 31.3 Å². The van der Waals surface area contributed by atoms with E-state index >= 15 is 0 Å². The summed E-state index contributed by atoms with van der Waals surface area (Å²) < 4.78 is 1.78. The fourth-order valence-corrected chi connectivity index (χ4v) is 2.80. The molecule has 0 unspecified atom stereocenters. The molecular formula is C13H16N6S. The Kier molecular flexibility index (Phi) is 3.35. The molecule has 0 radical (unpaired) electrons. The van der Waals surface area contributed by atoms with Crippen molar-refractivity contribution in [2.45, 2.75) is 27.2 Å². The maximum Gasteiger partial charge on any atom is 0.226 e. The molecule has 3 aromatic heterocycles. The van der Waals surface area contributed by atoms with Gasteiger partial charge in [0.2, 0.25) is 5.95 Å². The summed E-state index contributed by atoms with van der Waals surface area (Å²) in [5.41, 5.74) is 0. The maximum absolute atomic E-state index is 4.60. The van der Waals surface area contributed by atoms with Crippen LogP contribution >= 0.6 is 11.3 Å². The van der Waals surface area contributed by atoms with Crippen molar-refractivity contribution in [1.29, 1.82) is 0 Å². The lowest BCUT2D eigenvalue weighted by Gasteiger charge is -2.08. The van der Waals surface area contributed by atoms with Crippen molar-refractivity contribution in [2.24, 2.45) is 0 Å². The van der Waals surface area contributed by atoms with E-state index in [2.05, 4.69) is 32.3 Å². The Bertz CT molecular complexity index is 744. The van der Waals surface area contributed by atoms with Crippen molar-refractivity contribution in [3.8, 4) is 5.82 Å². The summed E-state index contributed by atoms with van der Waals surface area (Å²) in [4.78, 5) is 14.4. The second kappa shape index (κ2) is 5.16. The number of nitrogens with zero attached hydrogens (tertiary/aromatic N) is 5. The highest BCUT2D eigenvalue weighted by molar-refractivity contribution is 7.16. The van der Waals surface area contributed by atoms with Gasteiger partial charge in [-0.3, -0.25) is 0 Å². The number of thiophene rings is 1. The fraction of sp³-hybridized carbons (Fsp3) is 0.385. The molecule has 0 aliphatic rings. The predicted molar refractivity (Wildman–Crippen MR) is 80.6 cm³/mol. The third-order valence-electron chi connectivity index (χ3n) is 2.91. The van der Waals surface area contributed by atoms with Gasteiger partial charge in [0.05, 0.1) is 5.39 Å². The fourth-order valence-electron chi connectivity index (χ4n) is 2.04. The molecule has 3 aromatic rings. The number of hydrogen-bond acceptors (Lipinski definition) is 6. The summed E-state index contributed by atoms with van der Waals surface area (Å²) in [6.07, 6.45) is 1.03. The van der Waals surface area contributed by atoms with Gasteiger partial charge in [-0.2, -0.15) is 9.67 Å². The molecule has 3 rings (SSSR count). The van der Waals surface area contributed by atoms with Crippen LogP contribution in [-0.2, 0) is 0 Å². The minimum Gasteiger partial charge on any atom is -0.354 e. The monoisotopic (exact) mass is 288 g/mol. The topological polar surface area (TPSA) is 68.5 Å². The van der Waals surface area contributed by atoms with Crippen LogP contribution in [0.5, 0.6) is 0 Å². The molecule has 0 saturated carbocycles. The van der Waals surface area contributed by atoms with E-state index in [9.17, 15) is 0 Å². The van der Waals surface area contributed by atoms with Crippen LogP contribution in [0.2, 0.25) is 0 Å². The van der Waals surface area contributed by atoms with Gasteiger partial charge in [0, 0.05) is 6.54 Å². The molecule has 0 aromatic carbocycles. The lowest BCUT2D eigenvalue weighted by molar-refractivity contribution is 0.807. The second-order valence-electron chi connectivity index (χ2n) is 4.56. The van der Waals surface area contributed by atoms with E-state index in [0.717, 1.165) is 40.6 Å². The molecule has 0 fully saturated rings. The van der Waals surface area contributed by atoms with E-state index in [1.807, 2.05) is 25.3 Å². The van der Waals surface area contributed by atoms with Crippen LogP contribution in [0.25, 0.3) is 16.0 Å². The van der Waals surface area contributed by atoms with Crippen molar-refractivity contribution >= 4 is 27.5 Å². The van der Waals surface area contributed by atoms with Crippen molar-refractivity contribution in [2.75, 3.05) is 11.9 Å². The largest absolute Gasteiger partial charge is 0.354 e. The average molecular weight is 288 g/mol. The quantitative estimate of drug-likeness (QED) is 0.799. The van der Waals surface area contributed by atoms with Crippen molar-refractivity contribution in [1.82, 2.24) is 24.7 Å². The zero-order valence-corrected chi connectivity index (χ0v) is 12.5. The Morgan fingerprint density at radius 3 is 2.80 bits per heavy atom. The average Bonchev–Trinajstić information content (AvgIpc) is 3.01. The van der Waals surface area contributed by atoms with Gasteiger partial charge in [-0.25, -0.2) is 9.97 Å². The molecule has 7 heteroatoms. The highest BCUT2D eigenvalue weighted by Gasteiger charge is 2.14. The highest BCUT2D eigenvalue weighted by atomic mass is 32.1. The highest BCUT2D eigenvalue weighted by Crippen LogP contribution is 2.25. The Morgan fingerprint density at radius 1 is 1.25 bits per heavy atom. The summed E-state index contributed by atoms with van der Waals surface area (Å²) in [5, 5.41) is 10.7. The van der Waals surface area contributed by atoms with Gasteiger partial charge in [-0.1, -0.05) is 6.92 Å². The van der Waals surface area contributed by atoms with E-state index in [0.29, 0.717) is 5.95 Å². The summed E-state index contributed by atoms with van der Waals surface area (Å²) >= 11 is 1.60. The molecule has 0 saturated heterocycles. The summed E-state index contributed by atoms with van der Waals surface area (Å²) in [6, 6.07) is 2.02. The number of anilines is 1. The Morgan fingerprint density at radius 2 is 2.10 bits per heavy atom. The van der Waals surface area contributed by atoms with Gasteiger partial charge in [-0.05, 0) is 31.7 Å². The first-order chi connectivity index (χ1) is 9.69. The predicted octanol–water partition coefficient (Wildman–Crippen LogP) is 2.71. The third kappa shape index (κ3) is 2.24. The smallest absolute Gasteiger partial charge is 0.226 e. The molecule has 0 aliphatic heterocycles. The zero-order chi connectivity index (χ0) is 14.1. The molecule has 20 heavy (non-hydrogen) atoms. The van der Waals surface area contributed by atoms with E-state index in [1.165, 1.54) is 0 Å². The summed E-state index contributed by atoms with van der Waals surface area (Å²) in [7, 11) is 0.